The molecule has 1 fully saturated rings. The summed E-state index contributed by atoms with van der Waals surface area (Å²) in [6.07, 6.45) is 3.20. The SMILES string of the molecule is COCCCOc1cc(CC(CC(N)C(O)CC(C)C(=O)NCCN2CCC(O)CC2)C(C)C)ccc1OC. The van der Waals surface area contributed by atoms with Gasteiger partial charge in [-0.3, -0.25) is 4.79 Å². The molecule has 39 heavy (non-hydrogen) atoms. The first kappa shape index (κ1) is 33.3. The van der Waals surface area contributed by atoms with Gasteiger partial charge in [0.05, 0.1) is 25.9 Å². The molecule has 9 nitrogen and oxygen atoms in total. The number of ether oxygens (including phenoxy) is 3. The zero-order valence-electron chi connectivity index (χ0n) is 24.7. The molecule has 1 aliphatic rings. The van der Waals surface area contributed by atoms with Crippen LogP contribution in [-0.4, -0.2) is 92.9 Å². The number of aliphatic hydroxyl groups is 2. The Kier molecular flexibility index (Phi) is 15.1. The number of nitrogens with zero attached hydrogens (tertiary/aromatic N) is 1. The second-order valence-electron chi connectivity index (χ2n) is 11.4. The number of piperidine rings is 1. The van der Waals surface area contributed by atoms with Crippen molar-refractivity contribution in [1.82, 2.24) is 10.2 Å². The molecule has 9 heteroatoms. The van der Waals surface area contributed by atoms with E-state index in [2.05, 4.69) is 30.1 Å². The Morgan fingerprint density at radius 1 is 1.13 bits per heavy atom. The summed E-state index contributed by atoms with van der Waals surface area (Å²) in [5.74, 6) is 1.66. The summed E-state index contributed by atoms with van der Waals surface area (Å²) in [4.78, 5) is 14.9. The summed E-state index contributed by atoms with van der Waals surface area (Å²) in [7, 11) is 3.31. The number of amides is 1. The average Bonchev–Trinajstić information content (AvgIpc) is 2.91. The number of aliphatic hydroxyl groups excluding tert-OH is 2. The Hall–Kier alpha value is -1.91. The van der Waals surface area contributed by atoms with E-state index in [0.29, 0.717) is 44.3 Å². The van der Waals surface area contributed by atoms with E-state index >= 15 is 0 Å². The number of nitrogens with two attached hydrogens (primary N) is 1. The lowest BCUT2D eigenvalue weighted by Crippen LogP contribution is -2.43. The van der Waals surface area contributed by atoms with Crippen molar-refractivity contribution in [3.05, 3.63) is 23.8 Å². The molecule has 0 radical (unpaired) electrons. The van der Waals surface area contributed by atoms with Crippen LogP contribution in [0.2, 0.25) is 0 Å². The Bertz CT molecular complexity index is 831. The third kappa shape index (κ3) is 12.0. The van der Waals surface area contributed by atoms with Gasteiger partial charge in [-0.2, -0.15) is 0 Å². The van der Waals surface area contributed by atoms with E-state index in [1.165, 1.54) is 0 Å². The molecule has 1 saturated heterocycles. The first-order chi connectivity index (χ1) is 18.6. The molecule has 224 valence electrons. The smallest absolute Gasteiger partial charge is 0.222 e. The van der Waals surface area contributed by atoms with Crippen LogP contribution < -0.4 is 20.5 Å². The zero-order chi connectivity index (χ0) is 28.8. The van der Waals surface area contributed by atoms with Crippen molar-refractivity contribution in [2.24, 2.45) is 23.5 Å². The average molecular weight is 552 g/mol. The molecular formula is C30H53N3O6. The van der Waals surface area contributed by atoms with Crippen LogP contribution in [0.5, 0.6) is 11.5 Å². The van der Waals surface area contributed by atoms with Gasteiger partial charge in [0, 0.05) is 58.3 Å². The quantitative estimate of drug-likeness (QED) is 0.205. The standard InChI is InChI=1S/C30H53N3O6/c1-21(2)24(18-23-7-8-28(38-5)29(19-23)39-16-6-15-37-4)20-26(31)27(35)17-22(3)30(36)32-11-14-33-12-9-25(34)10-13-33/h7-8,19,21-22,24-27,34-35H,6,9-18,20,31H2,1-5H3,(H,32,36). The van der Waals surface area contributed by atoms with Gasteiger partial charge < -0.3 is 40.4 Å². The van der Waals surface area contributed by atoms with Crippen molar-refractivity contribution in [3.8, 4) is 11.5 Å². The second kappa shape index (κ2) is 17.7. The highest BCUT2D eigenvalue weighted by Gasteiger charge is 2.26. The van der Waals surface area contributed by atoms with E-state index < -0.39 is 12.1 Å². The minimum atomic E-state index is -0.758. The molecule has 0 aromatic heterocycles. The molecule has 1 heterocycles. The van der Waals surface area contributed by atoms with Crippen LogP contribution in [0.4, 0.5) is 0 Å². The molecule has 0 bridgehead atoms. The predicted octanol–water partition coefficient (Wildman–Crippen LogP) is 2.60. The van der Waals surface area contributed by atoms with E-state index in [0.717, 1.165) is 56.6 Å². The van der Waals surface area contributed by atoms with E-state index in [1.54, 1.807) is 14.2 Å². The fourth-order valence-electron chi connectivity index (χ4n) is 5.05. The van der Waals surface area contributed by atoms with Crippen LogP contribution in [0.1, 0.15) is 58.4 Å². The third-order valence-electron chi connectivity index (χ3n) is 7.82. The minimum absolute atomic E-state index is 0.0602. The first-order valence-electron chi connectivity index (χ1n) is 14.5. The number of hydrogen-bond donors (Lipinski definition) is 4. The molecule has 0 saturated carbocycles. The van der Waals surface area contributed by atoms with Gasteiger partial charge in [0.1, 0.15) is 0 Å². The zero-order valence-corrected chi connectivity index (χ0v) is 24.7. The number of nitrogens with one attached hydrogen (secondary N) is 1. The lowest BCUT2D eigenvalue weighted by atomic mass is 9.82. The van der Waals surface area contributed by atoms with Crippen LogP contribution in [0.25, 0.3) is 0 Å². The van der Waals surface area contributed by atoms with Crippen molar-refractivity contribution in [3.63, 3.8) is 0 Å². The van der Waals surface area contributed by atoms with Crippen LogP contribution in [0.15, 0.2) is 18.2 Å². The molecule has 0 aliphatic carbocycles. The van der Waals surface area contributed by atoms with Gasteiger partial charge in [-0.05, 0) is 61.6 Å². The van der Waals surface area contributed by atoms with Crippen molar-refractivity contribution >= 4 is 5.91 Å². The van der Waals surface area contributed by atoms with E-state index in [9.17, 15) is 15.0 Å². The molecule has 4 unspecified atom stereocenters. The number of carbonyl (C=O) groups is 1. The Morgan fingerprint density at radius 3 is 2.49 bits per heavy atom. The van der Waals surface area contributed by atoms with Gasteiger partial charge in [0.25, 0.3) is 0 Å². The molecule has 1 aromatic rings. The first-order valence-corrected chi connectivity index (χ1v) is 14.5. The summed E-state index contributed by atoms with van der Waals surface area (Å²) in [5, 5.41) is 23.5. The Balaban J connectivity index is 1.84. The maximum absolute atomic E-state index is 12.6. The fraction of sp³-hybridized carbons (Fsp3) is 0.767. The predicted molar refractivity (Wildman–Crippen MR) is 154 cm³/mol. The van der Waals surface area contributed by atoms with E-state index in [-0.39, 0.29) is 23.8 Å². The lowest BCUT2D eigenvalue weighted by Gasteiger charge is -2.30. The van der Waals surface area contributed by atoms with Crippen molar-refractivity contribution in [2.45, 2.75) is 77.5 Å². The Morgan fingerprint density at radius 2 is 1.85 bits per heavy atom. The molecule has 5 N–H and O–H groups in total. The molecule has 1 aliphatic heterocycles. The third-order valence-corrected chi connectivity index (χ3v) is 7.82. The monoisotopic (exact) mass is 551 g/mol. The van der Waals surface area contributed by atoms with Crippen molar-refractivity contribution in [2.75, 3.05) is 53.6 Å². The molecule has 1 aromatic carbocycles. The van der Waals surface area contributed by atoms with Gasteiger partial charge >= 0.3 is 0 Å². The minimum Gasteiger partial charge on any atom is -0.493 e. The van der Waals surface area contributed by atoms with Gasteiger partial charge in [-0.25, -0.2) is 0 Å². The fourth-order valence-corrected chi connectivity index (χ4v) is 5.05. The summed E-state index contributed by atoms with van der Waals surface area (Å²) in [6, 6.07) is 5.59. The summed E-state index contributed by atoms with van der Waals surface area (Å²) in [6.45, 7) is 10.4. The molecular weight excluding hydrogens is 498 g/mol. The normalized spacial score (nSPS) is 18.0. The lowest BCUT2D eigenvalue weighted by molar-refractivity contribution is -0.125. The van der Waals surface area contributed by atoms with Crippen LogP contribution in [-0.2, 0) is 16.0 Å². The summed E-state index contributed by atoms with van der Waals surface area (Å²) in [5.41, 5.74) is 7.60. The van der Waals surface area contributed by atoms with Crippen LogP contribution in [0.3, 0.4) is 0 Å². The maximum atomic E-state index is 12.6. The number of carbonyl (C=O) groups excluding carboxylic acids is 1. The van der Waals surface area contributed by atoms with Gasteiger partial charge in [0.15, 0.2) is 11.5 Å². The number of benzene rings is 1. The van der Waals surface area contributed by atoms with Crippen LogP contribution >= 0.6 is 0 Å². The van der Waals surface area contributed by atoms with Crippen molar-refractivity contribution in [1.29, 1.82) is 0 Å². The Labute approximate surface area is 235 Å². The maximum Gasteiger partial charge on any atom is 0.222 e. The summed E-state index contributed by atoms with van der Waals surface area (Å²) < 4.78 is 16.5. The van der Waals surface area contributed by atoms with Crippen molar-refractivity contribution < 1.29 is 29.2 Å². The van der Waals surface area contributed by atoms with Gasteiger partial charge in [-0.1, -0.05) is 26.8 Å². The number of methoxy groups -OCH3 is 2. The van der Waals surface area contributed by atoms with Gasteiger partial charge in [-0.15, -0.1) is 0 Å². The van der Waals surface area contributed by atoms with Crippen LogP contribution in [0, 0.1) is 17.8 Å². The molecule has 1 amide bonds. The highest BCUT2D eigenvalue weighted by Crippen LogP contribution is 2.31. The number of rotatable bonds is 18. The van der Waals surface area contributed by atoms with E-state index in [4.69, 9.17) is 19.9 Å². The van der Waals surface area contributed by atoms with E-state index in [1.807, 2.05) is 19.1 Å². The largest absolute Gasteiger partial charge is 0.493 e. The molecule has 4 atom stereocenters. The number of likely N-dealkylation sites (tertiary alicyclic amines) is 1. The second-order valence-corrected chi connectivity index (χ2v) is 11.4. The van der Waals surface area contributed by atoms with Gasteiger partial charge in [0.2, 0.25) is 5.91 Å². The number of hydrogen-bond acceptors (Lipinski definition) is 8. The molecule has 0 spiro atoms. The summed E-state index contributed by atoms with van der Waals surface area (Å²) >= 11 is 0. The molecule has 2 rings (SSSR count). The topological polar surface area (TPSA) is 127 Å². The highest BCUT2D eigenvalue weighted by atomic mass is 16.5. The highest BCUT2D eigenvalue weighted by molar-refractivity contribution is 5.78.